The maximum absolute atomic E-state index is 14.0. The molecular formula is C31H38FN3O4S. The van der Waals surface area contributed by atoms with E-state index in [0.29, 0.717) is 11.3 Å². The molecule has 0 aliphatic rings. The standard InChI is InChI=1S/C31H38FN3O4S/c1-21-8-14-28(15-9-21)40(38,39)35(27-17-22(2)16-23(3)18-27)20-29(36)34(19-25-10-12-26(32)13-11-25)24(4)30(37)33-31(5,6)7/h8-18,24H,19-20H2,1-7H3,(H,33,37)/t24-/m1/s1. The normalized spacial score (nSPS) is 12.5. The minimum atomic E-state index is -4.15. The Hall–Kier alpha value is -3.72. The second-order valence-corrected chi connectivity index (χ2v) is 13.1. The van der Waals surface area contributed by atoms with Crippen LogP contribution < -0.4 is 9.62 Å². The first-order valence-electron chi connectivity index (χ1n) is 13.1. The van der Waals surface area contributed by atoms with Gasteiger partial charge in [0, 0.05) is 12.1 Å². The average Bonchev–Trinajstić information content (AvgIpc) is 2.85. The van der Waals surface area contributed by atoms with Gasteiger partial charge >= 0.3 is 0 Å². The van der Waals surface area contributed by atoms with Gasteiger partial charge in [-0.1, -0.05) is 35.9 Å². The number of nitrogens with zero attached hydrogens (tertiary/aromatic N) is 2. The monoisotopic (exact) mass is 567 g/mol. The lowest BCUT2D eigenvalue weighted by molar-refractivity contribution is -0.140. The molecule has 3 aromatic carbocycles. The van der Waals surface area contributed by atoms with Gasteiger partial charge in [-0.3, -0.25) is 13.9 Å². The van der Waals surface area contributed by atoms with Crippen LogP contribution in [-0.2, 0) is 26.2 Å². The Morgan fingerprint density at radius 3 is 1.95 bits per heavy atom. The van der Waals surface area contributed by atoms with Gasteiger partial charge in [0.2, 0.25) is 11.8 Å². The number of carbonyl (C=O) groups is 2. The van der Waals surface area contributed by atoms with Crippen molar-refractivity contribution in [2.24, 2.45) is 0 Å². The maximum Gasteiger partial charge on any atom is 0.264 e. The molecule has 1 atom stereocenters. The van der Waals surface area contributed by atoms with Gasteiger partial charge in [0.25, 0.3) is 10.0 Å². The van der Waals surface area contributed by atoms with Gasteiger partial charge in [-0.2, -0.15) is 0 Å². The van der Waals surface area contributed by atoms with E-state index in [4.69, 9.17) is 0 Å². The van der Waals surface area contributed by atoms with Gasteiger partial charge in [-0.05, 0) is 102 Å². The first-order chi connectivity index (χ1) is 18.6. The smallest absolute Gasteiger partial charge is 0.264 e. The van der Waals surface area contributed by atoms with Crippen molar-refractivity contribution in [2.75, 3.05) is 10.8 Å². The van der Waals surface area contributed by atoms with Crippen molar-refractivity contribution >= 4 is 27.5 Å². The molecule has 9 heteroatoms. The number of nitrogens with one attached hydrogen (secondary N) is 1. The van der Waals surface area contributed by atoms with Crippen molar-refractivity contribution in [3.63, 3.8) is 0 Å². The largest absolute Gasteiger partial charge is 0.350 e. The number of halogens is 1. The van der Waals surface area contributed by atoms with Crippen LogP contribution in [0.15, 0.2) is 71.6 Å². The third-order valence-electron chi connectivity index (χ3n) is 6.31. The minimum absolute atomic E-state index is 0.0108. The molecule has 0 radical (unpaired) electrons. The SMILES string of the molecule is Cc1ccc(S(=O)(=O)N(CC(=O)N(Cc2ccc(F)cc2)[C@H](C)C(=O)NC(C)(C)C)c2cc(C)cc(C)c2)cc1. The lowest BCUT2D eigenvalue weighted by Crippen LogP contribution is -2.54. The third-order valence-corrected chi connectivity index (χ3v) is 8.10. The summed E-state index contributed by atoms with van der Waals surface area (Å²) in [4.78, 5) is 28.5. The zero-order valence-corrected chi connectivity index (χ0v) is 25.0. The molecule has 214 valence electrons. The Kier molecular flexibility index (Phi) is 9.40. The molecule has 0 aromatic heterocycles. The summed E-state index contributed by atoms with van der Waals surface area (Å²) < 4.78 is 42.6. The number of sulfonamides is 1. The van der Waals surface area contributed by atoms with E-state index in [1.165, 1.54) is 41.3 Å². The van der Waals surface area contributed by atoms with Crippen molar-refractivity contribution < 1.29 is 22.4 Å². The van der Waals surface area contributed by atoms with E-state index in [1.54, 1.807) is 31.2 Å². The first kappa shape index (κ1) is 30.8. The summed E-state index contributed by atoms with van der Waals surface area (Å²) in [5, 5.41) is 2.89. The summed E-state index contributed by atoms with van der Waals surface area (Å²) in [7, 11) is -4.15. The summed E-state index contributed by atoms with van der Waals surface area (Å²) in [5.74, 6) is -1.39. The van der Waals surface area contributed by atoms with E-state index in [9.17, 15) is 22.4 Å². The van der Waals surface area contributed by atoms with E-state index in [2.05, 4.69) is 5.32 Å². The van der Waals surface area contributed by atoms with Crippen LogP contribution in [0.4, 0.5) is 10.1 Å². The molecule has 3 aromatic rings. The van der Waals surface area contributed by atoms with E-state index < -0.39 is 39.9 Å². The van der Waals surface area contributed by atoms with Crippen molar-refractivity contribution in [1.82, 2.24) is 10.2 Å². The quantitative estimate of drug-likeness (QED) is 0.381. The molecule has 0 aliphatic carbocycles. The Balaban J connectivity index is 2.07. The Morgan fingerprint density at radius 2 is 1.43 bits per heavy atom. The fourth-order valence-electron chi connectivity index (χ4n) is 4.30. The molecule has 1 N–H and O–H groups in total. The molecule has 2 amide bonds. The van der Waals surface area contributed by atoms with Crippen LogP contribution >= 0.6 is 0 Å². The van der Waals surface area contributed by atoms with E-state index in [1.807, 2.05) is 47.6 Å². The minimum Gasteiger partial charge on any atom is -0.350 e. The van der Waals surface area contributed by atoms with Crippen LogP contribution in [0.2, 0.25) is 0 Å². The van der Waals surface area contributed by atoms with Crippen molar-refractivity contribution in [2.45, 2.75) is 71.5 Å². The van der Waals surface area contributed by atoms with Gasteiger partial charge < -0.3 is 10.2 Å². The summed E-state index contributed by atoms with van der Waals surface area (Å²) in [6.07, 6.45) is 0. The van der Waals surface area contributed by atoms with Crippen molar-refractivity contribution in [1.29, 1.82) is 0 Å². The Labute approximate surface area is 237 Å². The molecule has 0 aliphatic heterocycles. The first-order valence-corrected chi connectivity index (χ1v) is 14.5. The number of aryl methyl sites for hydroxylation is 3. The fourth-order valence-corrected chi connectivity index (χ4v) is 5.70. The number of hydrogen-bond donors (Lipinski definition) is 1. The molecule has 0 heterocycles. The highest BCUT2D eigenvalue weighted by Crippen LogP contribution is 2.27. The van der Waals surface area contributed by atoms with Crippen LogP contribution in [0.1, 0.15) is 49.9 Å². The number of hydrogen-bond acceptors (Lipinski definition) is 4. The molecule has 0 fully saturated rings. The van der Waals surface area contributed by atoms with Crippen LogP contribution in [-0.4, -0.2) is 43.3 Å². The van der Waals surface area contributed by atoms with Crippen LogP contribution in [0.5, 0.6) is 0 Å². The van der Waals surface area contributed by atoms with Crippen LogP contribution in [0.25, 0.3) is 0 Å². The van der Waals surface area contributed by atoms with Crippen molar-refractivity contribution in [3.8, 4) is 0 Å². The molecule has 40 heavy (non-hydrogen) atoms. The second-order valence-electron chi connectivity index (χ2n) is 11.2. The van der Waals surface area contributed by atoms with Gasteiger partial charge in [0.1, 0.15) is 18.4 Å². The van der Waals surface area contributed by atoms with Crippen LogP contribution in [0, 0.1) is 26.6 Å². The van der Waals surface area contributed by atoms with Gasteiger partial charge in [0.05, 0.1) is 10.6 Å². The molecule has 0 bridgehead atoms. The maximum atomic E-state index is 14.0. The topological polar surface area (TPSA) is 86.8 Å². The third kappa shape index (κ3) is 7.91. The number of amides is 2. The predicted molar refractivity (Wildman–Crippen MR) is 156 cm³/mol. The number of rotatable bonds is 9. The average molecular weight is 568 g/mol. The molecule has 0 spiro atoms. The summed E-state index contributed by atoms with van der Waals surface area (Å²) in [6, 6.07) is 16.5. The molecule has 7 nitrogen and oxygen atoms in total. The molecule has 0 saturated heterocycles. The highest BCUT2D eigenvalue weighted by atomic mass is 32.2. The lowest BCUT2D eigenvalue weighted by atomic mass is 10.1. The molecule has 3 rings (SSSR count). The molecule has 0 unspecified atom stereocenters. The Morgan fingerprint density at radius 1 is 0.875 bits per heavy atom. The number of benzene rings is 3. The van der Waals surface area contributed by atoms with Gasteiger partial charge in [-0.25, -0.2) is 12.8 Å². The van der Waals surface area contributed by atoms with Crippen molar-refractivity contribution in [3.05, 3.63) is 94.8 Å². The zero-order chi connectivity index (χ0) is 29.8. The molecular weight excluding hydrogens is 529 g/mol. The second kappa shape index (κ2) is 12.2. The van der Waals surface area contributed by atoms with Crippen LogP contribution in [0.3, 0.4) is 0 Å². The fraction of sp³-hybridized carbons (Fsp3) is 0.355. The predicted octanol–water partition coefficient (Wildman–Crippen LogP) is 5.28. The number of carbonyl (C=O) groups excluding carboxylic acids is 2. The molecule has 0 saturated carbocycles. The summed E-state index contributed by atoms with van der Waals surface area (Å²) in [5.41, 5.74) is 2.98. The highest BCUT2D eigenvalue weighted by Gasteiger charge is 2.33. The van der Waals surface area contributed by atoms with Gasteiger partial charge in [0.15, 0.2) is 0 Å². The van der Waals surface area contributed by atoms with E-state index in [-0.39, 0.29) is 17.3 Å². The Bertz CT molecular complexity index is 1440. The lowest BCUT2D eigenvalue weighted by Gasteiger charge is -2.33. The van der Waals surface area contributed by atoms with E-state index in [0.717, 1.165) is 21.0 Å². The number of anilines is 1. The highest BCUT2D eigenvalue weighted by molar-refractivity contribution is 7.92. The van der Waals surface area contributed by atoms with E-state index >= 15 is 0 Å². The summed E-state index contributed by atoms with van der Waals surface area (Å²) in [6.45, 7) is 12.1. The summed E-state index contributed by atoms with van der Waals surface area (Å²) >= 11 is 0. The van der Waals surface area contributed by atoms with Gasteiger partial charge in [-0.15, -0.1) is 0 Å². The zero-order valence-electron chi connectivity index (χ0n) is 24.2.